The van der Waals surface area contributed by atoms with Crippen molar-refractivity contribution in [3.63, 3.8) is 0 Å². The first-order valence-corrected chi connectivity index (χ1v) is 10.8. The molecule has 1 aromatic rings. The highest BCUT2D eigenvalue weighted by Gasteiger charge is 2.57. The van der Waals surface area contributed by atoms with Crippen molar-refractivity contribution in [1.82, 2.24) is 4.90 Å². The summed E-state index contributed by atoms with van der Waals surface area (Å²) < 4.78 is 5.53. The summed E-state index contributed by atoms with van der Waals surface area (Å²) in [5, 5.41) is 11.2. The number of piperidine rings is 1. The molecule has 28 heavy (non-hydrogen) atoms. The molecule has 2 aliphatic carbocycles. The van der Waals surface area contributed by atoms with Gasteiger partial charge in [-0.2, -0.15) is 0 Å². The molecule has 3 aliphatic rings. The third-order valence-electron chi connectivity index (χ3n) is 7.50. The number of allylic oxidation sites excluding steroid dienone is 1. The van der Waals surface area contributed by atoms with Gasteiger partial charge < -0.3 is 9.84 Å². The zero-order valence-electron chi connectivity index (χ0n) is 17.5. The van der Waals surface area contributed by atoms with Gasteiger partial charge in [-0.05, 0) is 68.8 Å². The Labute approximate surface area is 168 Å². The van der Waals surface area contributed by atoms with Gasteiger partial charge in [-0.15, -0.1) is 0 Å². The summed E-state index contributed by atoms with van der Waals surface area (Å²) in [6.45, 7) is 10.6. The molecular formula is C24H33NO3. The fourth-order valence-electron chi connectivity index (χ4n) is 6.25. The molecule has 2 unspecified atom stereocenters. The number of phenols is 1. The first-order valence-electron chi connectivity index (χ1n) is 10.8. The molecule has 2 fully saturated rings. The minimum atomic E-state index is -0.251. The van der Waals surface area contributed by atoms with Crippen molar-refractivity contribution >= 4 is 11.4 Å². The van der Waals surface area contributed by atoms with E-state index >= 15 is 0 Å². The highest BCUT2D eigenvalue weighted by atomic mass is 16.5. The monoisotopic (exact) mass is 383 g/mol. The van der Waals surface area contributed by atoms with E-state index in [9.17, 15) is 9.90 Å². The minimum absolute atomic E-state index is 0.251. The fourth-order valence-corrected chi connectivity index (χ4v) is 6.25. The van der Waals surface area contributed by atoms with Crippen LogP contribution in [0, 0.1) is 5.92 Å². The Morgan fingerprint density at radius 1 is 1.46 bits per heavy atom. The molecule has 2 bridgehead atoms. The number of ketones is 1. The van der Waals surface area contributed by atoms with Crippen molar-refractivity contribution in [1.29, 1.82) is 0 Å². The van der Waals surface area contributed by atoms with Gasteiger partial charge in [0.05, 0.1) is 7.11 Å². The number of fused-ring (bicyclic) bond motifs is 1. The molecule has 1 saturated heterocycles. The van der Waals surface area contributed by atoms with Gasteiger partial charge in [-0.1, -0.05) is 25.5 Å². The molecule has 4 heteroatoms. The summed E-state index contributed by atoms with van der Waals surface area (Å²) in [5.41, 5.74) is 4.02. The Hall–Kier alpha value is -1.81. The number of nitrogens with zero attached hydrogens (tertiary/aromatic N) is 1. The van der Waals surface area contributed by atoms with Gasteiger partial charge in [0.15, 0.2) is 11.5 Å². The van der Waals surface area contributed by atoms with E-state index in [1.54, 1.807) is 7.11 Å². The van der Waals surface area contributed by atoms with Gasteiger partial charge in [-0.25, -0.2) is 0 Å². The van der Waals surface area contributed by atoms with Crippen LogP contribution < -0.4 is 4.74 Å². The second-order valence-corrected chi connectivity index (χ2v) is 9.04. The van der Waals surface area contributed by atoms with Crippen molar-refractivity contribution in [3.8, 4) is 11.5 Å². The van der Waals surface area contributed by atoms with Gasteiger partial charge in [0.25, 0.3) is 0 Å². The van der Waals surface area contributed by atoms with Crippen LogP contribution in [0.4, 0.5) is 0 Å². The molecule has 0 amide bonds. The summed E-state index contributed by atoms with van der Waals surface area (Å²) in [6.07, 6.45) is 6.44. The standard InChI is InChI=1S/C24H33NO3/c1-5-6-10-25-11-9-24-14-16(26)7-8-19(24)20(25)12-18-17(15(2)3)13-21(28-4)23(27)22(18)24/h13,19-20,27H,2,5-12,14H2,1,3-4H3/t19?,20?,24-/m1/s1. The topological polar surface area (TPSA) is 49.8 Å². The van der Waals surface area contributed by atoms with Crippen LogP contribution in [-0.4, -0.2) is 42.0 Å². The van der Waals surface area contributed by atoms with E-state index in [-0.39, 0.29) is 11.2 Å². The van der Waals surface area contributed by atoms with E-state index in [0.717, 1.165) is 49.1 Å². The summed E-state index contributed by atoms with van der Waals surface area (Å²) >= 11 is 0. The summed E-state index contributed by atoms with van der Waals surface area (Å²) in [6, 6.07) is 2.39. The van der Waals surface area contributed by atoms with Crippen molar-refractivity contribution in [3.05, 3.63) is 29.3 Å². The van der Waals surface area contributed by atoms with Crippen LogP contribution >= 0.6 is 0 Å². The first kappa shape index (κ1) is 19.5. The highest BCUT2D eigenvalue weighted by molar-refractivity contribution is 5.83. The molecule has 152 valence electrons. The van der Waals surface area contributed by atoms with Gasteiger partial charge in [0.1, 0.15) is 5.78 Å². The molecular weight excluding hydrogens is 350 g/mol. The molecule has 4 rings (SSSR count). The second-order valence-electron chi connectivity index (χ2n) is 9.04. The number of carbonyl (C=O) groups excluding carboxylic acids is 1. The van der Waals surface area contributed by atoms with Crippen molar-refractivity contribution in [2.75, 3.05) is 20.2 Å². The van der Waals surface area contributed by atoms with Crippen LogP contribution in [0.15, 0.2) is 12.6 Å². The zero-order valence-corrected chi connectivity index (χ0v) is 17.5. The molecule has 0 spiro atoms. The number of phenolic OH excluding ortho intramolecular Hbond substituents is 1. The molecule has 1 aromatic carbocycles. The summed E-state index contributed by atoms with van der Waals surface area (Å²) in [7, 11) is 1.60. The lowest BCUT2D eigenvalue weighted by atomic mass is 9.51. The Morgan fingerprint density at radius 2 is 2.25 bits per heavy atom. The largest absolute Gasteiger partial charge is 0.504 e. The average molecular weight is 384 g/mol. The van der Waals surface area contributed by atoms with Crippen LogP contribution in [0.2, 0.25) is 0 Å². The minimum Gasteiger partial charge on any atom is -0.504 e. The lowest BCUT2D eigenvalue weighted by Crippen LogP contribution is -2.62. The van der Waals surface area contributed by atoms with Gasteiger partial charge in [0, 0.05) is 29.9 Å². The normalized spacial score (nSPS) is 29.2. The number of Topliss-reactive ketones (excluding diaryl/α,β-unsaturated/α-hetero) is 1. The third-order valence-corrected chi connectivity index (χ3v) is 7.50. The van der Waals surface area contributed by atoms with E-state index in [0.29, 0.717) is 36.3 Å². The van der Waals surface area contributed by atoms with Gasteiger partial charge >= 0.3 is 0 Å². The highest BCUT2D eigenvalue weighted by Crippen LogP contribution is 2.59. The molecule has 0 aromatic heterocycles. The van der Waals surface area contributed by atoms with Crippen LogP contribution in [0.25, 0.3) is 5.57 Å². The lowest BCUT2D eigenvalue weighted by molar-refractivity contribution is -0.127. The Kier molecular flexibility index (Phi) is 5.03. The van der Waals surface area contributed by atoms with Gasteiger partial charge in [0.2, 0.25) is 0 Å². The number of carbonyl (C=O) groups is 1. The van der Waals surface area contributed by atoms with Crippen LogP contribution in [0.1, 0.15) is 69.1 Å². The predicted octanol–water partition coefficient (Wildman–Crippen LogP) is 4.47. The number of hydrogen-bond donors (Lipinski definition) is 1. The van der Waals surface area contributed by atoms with Gasteiger partial charge in [-0.3, -0.25) is 9.69 Å². The third kappa shape index (κ3) is 2.80. The molecule has 4 nitrogen and oxygen atoms in total. The molecule has 1 N–H and O–H groups in total. The smallest absolute Gasteiger partial charge is 0.161 e. The van der Waals surface area contributed by atoms with E-state index in [1.165, 1.54) is 18.4 Å². The Balaban J connectivity index is 1.92. The first-order chi connectivity index (χ1) is 13.4. The van der Waals surface area contributed by atoms with Crippen LogP contribution in [-0.2, 0) is 16.6 Å². The second kappa shape index (κ2) is 7.22. The number of aromatic hydroxyl groups is 1. The van der Waals surface area contributed by atoms with E-state index < -0.39 is 0 Å². The maximum Gasteiger partial charge on any atom is 0.161 e. The molecule has 1 saturated carbocycles. The van der Waals surface area contributed by atoms with Crippen LogP contribution in [0.5, 0.6) is 11.5 Å². The Morgan fingerprint density at radius 3 is 2.93 bits per heavy atom. The number of methoxy groups -OCH3 is 1. The molecule has 1 heterocycles. The number of rotatable bonds is 5. The quantitative estimate of drug-likeness (QED) is 0.815. The van der Waals surface area contributed by atoms with E-state index in [1.807, 2.05) is 13.0 Å². The summed E-state index contributed by atoms with van der Waals surface area (Å²) in [4.78, 5) is 15.3. The van der Waals surface area contributed by atoms with E-state index in [4.69, 9.17) is 4.74 Å². The van der Waals surface area contributed by atoms with E-state index in [2.05, 4.69) is 18.4 Å². The number of ether oxygens (including phenoxy) is 1. The average Bonchev–Trinajstić information content (AvgIpc) is 2.66. The number of benzene rings is 1. The maximum absolute atomic E-state index is 12.6. The Bertz CT molecular complexity index is 815. The number of hydrogen-bond acceptors (Lipinski definition) is 4. The van der Waals surface area contributed by atoms with Crippen molar-refractivity contribution < 1.29 is 14.6 Å². The molecule has 1 aliphatic heterocycles. The molecule has 3 atom stereocenters. The predicted molar refractivity (Wildman–Crippen MR) is 112 cm³/mol. The lowest BCUT2D eigenvalue weighted by Gasteiger charge is -2.59. The zero-order chi connectivity index (χ0) is 20.1. The van der Waals surface area contributed by atoms with Crippen LogP contribution in [0.3, 0.4) is 0 Å². The maximum atomic E-state index is 12.6. The van der Waals surface area contributed by atoms with Crippen molar-refractivity contribution in [2.45, 2.75) is 70.3 Å². The SMILES string of the molecule is C=C(C)c1cc(OC)c(O)c2c1CC1C3CCC(=O)C[C@@]23CCN1CCCC. The summed E-state index contributed by atoms with van der Waals surface area (Å²) in [5.74, 6) is 1.53. The number of unbranched alkanes of at least 4 members (excludes halogenated alkanes) is 1. The van der Waals surface area contributed by atoms with Crippen molar-refractivity contribution in [2.24, 2.45) is 5.92 Å². The fraction of sp³-hybridized carbons (Fsp3) is 0.625. The molecule has 0 radical (unpaired) electrons. The number of likely N-dealkylation sites (tertiary alicyclic amines) is 1.